The van der Waals surface area contributed by atoms with Crippen LogP contribution in [-0.4, -0.2) is 170 Å². The lowest BCUT2D eigenvalue weighted by Crippen LogP contribution is -2.62. The van der Waals surface area contributed by atoms with Crippen LogP contribution < -0.4 is 75.9 Å². The first kappa shape index (κ1) is 77.1. The number of para-hydroxylation sites is 2. The van der Waals surface area contributed by atoms with E-state index in [1.807, 2.05) is 24.3 Å². The minimum Gasteiger partial charge on any atom is -0.508 e. The maximum atomic E-state index is 14.5. The summed E-state index contributed by atoms with van der Waals surface area (Å²) < 4.78 is 0. The summed E-state index contributed by atoms with van der Waals surface area (Å²) >= 11 is 0. The van der Waals surface area contributed by atoms with Gasteiger partial charge < -0.3 is 90.3 Å². The van der Waals surface area contributed by atoms with E-state index in [-0.39, 0.29) is 69.1 Å². The number of carboxylic acids is 1. The van der Waals surface area contributed by atoms with Gasteiger partial charge in [-0.15, -0.1) is 0 Å². The molecule has 0 saturated carbocycles. The highest BCUT2D eigenvalue weighted by Gasteiger charge is 2.36. The fraction of sp³-hybridized carbons (Fsp3) is 0.379. The Bertz CT molecular complexity index is 3780. The third-order valence-corrected chi connectivity index (χ3v) is 15.1. The lowest BCUT2D eigenvalue weighted by atomic mass is 10.0. The summed E-state index contributed by atoms with van der Waals surface area (Å²) in [7, 11) is 1.48. The number of nitrogens with two attached hydrogens (primary N) is 3. The van der Waals surface area contributed by atoms with Crippen molar-refractivity contribution >= 4 is 98.8 Å². The van der Waals surface area contributed by atoms with Gasteiger partial charge >= 0.3 is 6.03 Å². The number of nitrogens with one attached hydrogen (secondary N) is 13. The maximum absolute atomic E-state index is 14.5. The number of aliphatic carboxylic acids is 1. The minimum atomic E-state index is -1.90. The van der Waals surface area contributed by atoms with Crippen LogP contribution in [0.4, 0.5) is 4.79 Å². The molecule has 0 bridgehead atoms. The lowest BCUT2D eigenvalue weighted by molar-refractivity contribution is -0.137. The van der Waals surface area contributed by atoms with Crippen LogP contribution in [0.25, 0.3) is 21.8 Å². The number of urea groups is 1. The van der Waals surface area contributed by atoms with Crippen molar-refractivity contribution in [3.05, 3.63) is 138 Å². The van der Waals surface area contributed by atoms with E-state index in [2.05, 4.69) is 73.7 Å². The quantitative estimate of drug-likeness (QED) is 0.0101. The van der Waals surface area contributed by atoms with Crippen molar-refractivity contribution in [2.45, 2.75) is 140 Å². The zero-order chi connectivity index (χ0) is 72.2. The van der Waals surface area contributed by atoms with Crippen LogP contribution in [-0.2, 0) is 78.4 Å². The number of hydrogen-bond acceptors (Lipinski definition) is 15. The number of hydrogen-bond donors (Lipinski definition) is 19. The predicted molar refractivity (Wildman–Crippen MR) is 361 cm³/mol. The first-order valence-corrected chi connectivity index (χ1v) is 31.3. The number of aromatic nitrogens is 2. The molecular formula is C66H87N17O15. The smallest absolute Gasteiger partial charge is 0.334 e. The third-order valence-electron chi connectivity index (χ3n) is 15.1. The highest BCUT2D eigenvalue weighted by atomic mass is 16.4. The number of H-pyrrole nitrogens is 2. The first-order valence-electron chi connectivity index (χ1n) is 31.3. The van der Waals surface area contributed by atoms with Gasteiger partial charge in [0, 0.05) is 87.3 Å². The number of amides is 12. The van der Waals surface area contributed by atoms with Crippen molar-refractivity contribution in [1.29, 1.82) is 0 Å². The SMILES string of the molecule is CC(=O)O.CN=C(N)NCCC[C@H](NC(=O)[C@H](CC(C)C)NC(=O)NNC(=O)[C@H](Cc1ccccc1)NC(=O)[C@@H](NC(=O)[C@H](CC(N)=O)NC(=O)[C@@H](Cc1c[nH]c2ccccc12)NC(=O)[C@@H](Cc1ccc(O)cc1)NC(C)=O)[C@@H](C)O)C(=O)N[C@@H](Cc1c[nH]c2ccccc12)C(N)=O. The minimum absolute atomic E-state index is 0.0123. The summed E-state index contributed by atoms with van der Waals surface area (Å²) in [4.78, 5) is 170. The Morgan fingerprint density at radius 1 is 0.510 bits per heavy atom. The molecule has 12 amide bonds. The molecule has 22 N–H and O–H groups in total. The van der Waals surface area contributed by atoms with Crippen molar-refractivity contribution in [3.8, 4) is 5.75 Å². The Balaban J connectivity index is 0.00000421. The standard InChI is InChI=1S/C64H83N17O13.C2H4O2/c1-34(2)26-48(57(88)73-46(20-13-25-69-63(67)68-5)56(87)74-47(55(66)86)29-39-32-70-44-18-11-9-16-42(39)44)78-64(94)81-80-61(92)50(27-37-14-7-6-8-15-37)77-62(93)54(35(3)82)79-60(91)52(31-53(65)85)76-59(90)51(30-40-33-71-45-19-12-10-17-43(40)45)75-58(89)49(72-36(4)83)28-38-21-23-41(84)24-22-38;1-2(3)4/h6-12,14-19,21-24,32-35,46-52,54,70-71,82,84H,13,20,25-31H2,1-5H3,(H2,65,85)(H2,66,86)(H,72,83)(H,73,88)(H,74,87)(H,75,89)(H,76,90)(H,77,93)(H,79,91)(H,80,92)(H3,67,68,69)(H2,78,81,94);1H3,(H,3,4)/t35-,46+,47+,48+,49-,50+,51-,52+,54+;/m1./s1. The van der Waals surface area contributed by atoms with Gasteiger partial charge in [0.15, 0.2) is 5.96 Å². The molecular weight excluding hydrogens is 1270 g/mol. The molecule has 32 nitrogen and oxygen atoms in total. The van der Waals surface area contributed by atoms with Crippen molar-refractivity contribution in [2.24, 2.45) is 28.1 Å². The molecule has 526 valence electrons. The molecule has 0 spiro atoms. The van der Waals surface area contributed by atoms with Gasteiger partial charge in [-0.1, -0.05) is 92.7 Å². The zero-order valence-corrected chi connectivity index (χ0v) is 55.0. The average molecular weight is 1360 g/mol. The molecule has 98 heavy (non-hydrogen) atoms. The Hall–Kier alpha value is -11.6. The number of carbonyl (C=O) groups excluding carboxylic acids is 11. The summed E-state index contributed by atoms with van der Waals surface area (Å²) in [6.45, 7) is 7.19. The number of guanidine groups is 1. The molecule has 0 fully saturated rings. The fourth-order valence-electron chi connectivity index (χ4n) is 10.2. The molecule has 32 heteroatoms. The number of primary amides is 2. The number of carbonyl (C=O) groups is 12. The predicted octanol–water partition coefficient (Wildman–Crippen LogP) is -1.07. The van der Waals surface area contributed by atoms with Crippen LogP contribution in [0.1, 0.15) is 82.6 Å². The Morgan fingerprint density at radius 3 is 1.50 bits per heavy atom. The molecule has 0 radical (unpaired) electrons. The number of benzene rings is 4. The number of aliphatic hydroxyl groups is 1. The molecule has 0 aliphatic carbocycles. The first-order chi connectivity index (χ1) is 46.5. The van der Waals surface area contributed by atoms with Gasteiger partial charge in [-0.25, -0.2) is 10.2 Å². The van der Waals surface area contributed by atoms with Crippen LogP contribution >= 0.6 is 0 Å². The Kier molecular flexibility index (Phi) is 30.0. The van der Waals surface area contributed by atoms with Gasteiger partial charge in [0.2, 0.25) is 53.2 Å². The van der Waals surface area contributed by atoms with E-state index >= 15 is 0 Å². The molecule has 0 aliphatic heterocycles. The summed E-state index contributed by atoms with van der Waals surface area (Å²) in [5.41, 5.74) is 25.4. The van der Waals surface area contributed by atoms with E-state index in [1.165, 1.54) is 26.1 Å². The maximum Gasteiger partial charge on any atom is 0.334 e. The van der Waals surface area contributed by atoms with Gasteiger partial charge in [-0.3, -0.25) is 63.2 Å². The number of rotatable bonds is 33. The molecule has 6 aromatic rings. The number of carboxylic acid groups (broad SMARTS) is 1. The van der Waals surface area contributed by atoms with Crippen LogP contribution in [0.5, 0.6) is 5.75 Å². The number of fused-ring (bicyclic) bond motifs is 2. The Labute approximate surface area is 564 Å². The lowest BCUT2D eigenvalue weighted by Gasteiger charge is -2.28. The summed E-state index contributed by atoms with van der Waals surface area (Å²) in [5.74, 6) is -10.3. The number of nitrogens with zero attached hydrogens (tertiary/aromatic N) is 1. The highest BCUT2D eigenvalue weighted by molar-refractivity contribution is 5.99. The van der Waals surface area contributed by atoms with E-state index in [9.17, 15) is 63.0 Å². The molecule has 9 atom stereocenters. The van der Waals surface area contributed by atoms with Crippen molar-refractivity contribution < 1.29 is 72.9 Å². The highest BCUT2D eigenvalue weighted by Crippen LogP contribution is 2.22. The van der Waals surface area contributed by atoms with Gasteiger partial charge in [0.25, 0.3) is 11.9 Å². The average Bonchev–Trinajstić information content (AvgIpc) is 1.63. The van der Waals surface area contributed by atoms with Gasteiger partial charge in [-0.05, 0) is 78.6 Å². The largest absolute Gasteiger partial charge is 0.508 e. The van der Waals surface area contributed by atoms with E-state index in [0.29, 0.717) is 33.2 Å². The summed E-state index contributed by atoms with van der Waals surface area (Å²) in [6.07, 6.45) is 0.541. The normalized spacial score (nSPS) is 13.9. The summed E-state index contributed by atoms with van der Waals surface area (Å²) in [5, 5.41) is 53.1. The molecule has 6 rings (SSSR count). The van der Waals surface area contributed by atoms with Gasteiger partial charge in [-0.2, -0.15) is 0 Å². The van der Waals surface area contributed by atoms with Crippen LogP contribution in [0.3, 0.4) is 0 Å². The molecule has 2 aromatic heterocycles. The van der Waals surface area contributed by atoms with Crippen molar-refractivity contribution in [1.82, 2.24) is 68.7 Å². The Morgan fingerprint density at radius 2 is 0.969 bits per heavy atom. The second kappa shape index (κ2) is 38.1. The van der Waals surface area contributed by atoms with E-state index in [4.69, 9.17) is 27.1 Å². The molecule has 4 aromatic carbocycles. The van der Waals surface area contributed by atoms with Crippen LogP contribution in [0.2, 0.25) is 0 Å². The molecule has 0 saturated heterocycles. The van der Waals surface area contributed by atoms with Gasteiger partial charge in [0.05, 0.1) is 12.5 Å². The zero-order valence-electron chi connectivity index (χ0n) is 55.0. The van der Waals surface area contributed by atoms with Gasteiger partial charge in [0.1, 0.15) is 54.1 Å². The summed E-state index contributed by atoms with van der Waals surface area (Å²) in [6, 6.07) is 15.6. The number of aromatic amines is 2. The molecule has 0 aliphatic rings. The second-order valence-electron chi connectivity index (χ2n) is 23.5. The van der Waals surface area contributed by atoms with Crippen molar-refractivity contribution in [2.75, 3.05) is 13.6 Å². The number of phenols is 1. The fourth-order valence-corrected chi connectivity index (χ4v) is 10.2. The monoisotopic (exact) mass is 1360 g/mol. The number of aliphatic imine (C=N–C) groups is 1. The van der Waals surface area contributed by atoms with Crippen LogP contribution in [0, 0.1) is 5.92 Å². The molecule has 0 unspecified atom stereocenters. The number of aromatic hydroxyl groups is 1. The van der Waals surface area contributed by atoms with E-state index in [0.717, 1.165) is 24.8 Å². The number of hydrazine groups is 1. The number of aliphatic hydroxyl groups excluding tert-OH is 1. The second-order valence-corrected chi connectivity index (χ2v) is 23.5. The third kappa shape index (κ3) is 25.3. The van der Waals surface area contributed by atoms with Crippen molar-refractivity contribution in [3.63, 3.8) is 0 Å². The topological polar surface area (TPSA) is 520 Å². The molecule has 2 heterocycles. The number of phenolic OH excluding ortho intramolecular Hbond substituents is 1. The van der Waals surface area contributed by atoms with E-state index < -0.39 is 132 Å². The van der Waals surface area contributed by atoms with Crippen LogP contribution in [0.15, 0.2) is 121 Å². The van der Waals surface area contributed by atoms with E-state index in [1.54, 1.807) is 93.0 Å².